The van der Waals surface area contributed by atoms with Crippen LogP contribution in [0.25, 0.3) is 0 Å². The standard InChI is InChI=1S/C41H41Cl2N3O8/c1-52-25-12-9-22(10-13-25)41-29(38(49)46(40(41)51)44-31-16-11-23(42)19-30(31)43)20-28-26(35(41)21-17-32(53-2)36(47)33(18-21)54-3)14-15-27-34(28)39(50)45(37(27)48)24-7-5-4-6-8-24/h9-14,16-19,24,27-29,34-35,44,47H,4-8,15,20H2,1-3H3/t27-,28+,29-,34-,35-,41+/m0/s1. The number of anilines is 1. The van der Waals surface area contributed by atoms with Gasteiger partial charge in [0.25, 0.3) is 11.8 Å². The van der Waals surface area contributed by atoms with Gasteiger partial charge in [-0.1, -0.05) is 66.2 Å². The van der Waals surface area contributed by atoms with Crippen molar-refractivity contribution in [2.75, 3.05) is 26.8 Å². The lowest BCUT2D eigenvalue weighted by atomic mass is 9.49. The van der Waals surface area contributed by atoms with Crippen LogP contribution in [-0.4, -0.2) is 66.0 Å². The third-order valence-corrected chi connectivity index (χ3v) is 12.9. The lowest BCUT2D eigenvalue weighted by molar-refractivity contribution is -0.144. The lowest BCUT2D eigenvalue weighted by Crippen LogP contribution is -2.53. The van der Waals surface area contributed by atoms with E-state index < -0.39 is 46.8 Å². The molecule has 11 nitrogen and oxygen atoms in total. The number of aromatic hydroxyl groups is 1. The summed E-state index contributed by atoms with van der Waals surface area (Å²) in [7, 11) is 4.39. The van der Waals surface area contributed by atoms with Crippen LogP contribution in [0.3, 0.4) is 0 Å². The van der Waals surface area contributed by atoms with Gasteiger partial charge in [0.15, 0.2) is 11.5 Å². The number of carbonyl (C=O) groups excluding carboxylic acids is 4. The molecule has 3 aromatic carbocycles. The molecule has 282 valence electrons. The number of hydrogen-bond acceptors (Lipinski definition) is 9. The maximum atomic E-state index is 15.5. The van der Waals surface area contributed by atoms with E-state index >= 15 is 9.59 Å². The summed E-state index contributed by atoms with van der Waals surface area (Å²) in [5, 5.41) is 12.6. The number of carbonyl (C=O) groups is 4. The van der Waals surface area contributed by atoms with Crippen molar-refractivity contribution in [3.05, 3.63) is 87.4 Å². The Balaban J connectivity index is 1.35. The van der Waals surface area contributed by atoms with Gasteiger partial charge in [-0.15, -0.1) is 0 Å². The van der Waals surface area contributed by atoms with Crippen LogP contribution >= 0.6 is 23.2 Å². The summed E-state index contributed by atoms with van der Waals surface area (Å²) in [6.07, 6.45) is 7.00. The van der Waals surface area contributed by atoms with Crippen LogP contribution in [0.1, 0.15) is 62.0 Å². The minimum atomic E-state index is -1.58. The molecule has 2 saturated heterocycles. The molecular formula is C41H41Cl2N3O8. The van der Waals surface area contributed by atoms with Crippen molar-refractivity contribution < 1.29 is 38.5 Å². The number of fused-ring (bicyclic) bond motifs is 4. The van der Waals surface area contributed by atoms with Gasteiger partial charge in [-0.2, -0.15) is 5.01 Å². The normalized spacial score (nSPS) is 28.0. The number of hydrazine groups is 1. The van der Waals surface area contributed by atoms with Gasteiger partial charge in [0.2, 0.25) is 17.6 Å². The van der Waals surface area contributed by atoms with Crippen LogP contribution in [0.2, 0.25) is 10.0 Å². The number of hydrogen-bond donors (Lipinski definition) is 2. The summed E-state index contributed by atoms with van der Waals surface area (Å²) in [6.45, 7) is 0. The first kappa shape index (κ1) is 36.2. The molecular weight excluding hydrogens is 733 g/mol. The molecule has 54 heavy (non-hydrogen) atoms. The smallest absolute Gasteiger partial charge is 0.260 e. The Morgan fingerprint density at radius 1 is 0.815 bits per heavy atom. The summed E-state index contributed by atoms with van der Waals surface area (Å²) < 4.78 is 16.7. The maximum absolute atomic E-state index is 15.5. The van der Waals surface area contributed by atoms with Gasteiger partial charge in [-0.25, -0.2) is 0 Å². The molecule has 0 aromatic heterocycles. The van der Waals surface area contributed by atoms with E-state index in [1.165, 1.54) is 25.2 Å². The van der Waals surface area contributed by atoms with E-state index in [9.17, 15) is 14.7 Å². The molecule has 3 aliphatic carbocycles. The Morgan fingerprint density at radius 3 is 2.13 bits per heavy atom. The number of halogens is 2. The van der Waals surface area contributed by atoms with Crippen molar-refractivity contribution in [3.63, 3.8) is 0 Å². The predicted octanol–water partition coefficient (Wildman–Crippen LogP) is 7.04. The Labute approximate surface area is 323 Å². The molecule has 2 heterocycles. The Bertz CT molecular complexity index is 2060. The van der Waals surface area contributed by atoms with Gasteiger partial charge in [-0.05, 0) is 85.2 Å². The van der Waals surface area contributed by atoms with Gasteiger partial charge in [0.1, 0.15) is 5.75 Å². The summed E-state index contributed by atoms with van der Waals surface area (Å²) >= 11 is 12.8. The number of nitrogens with one attached hydrogen (secondary N) is 1. The van der Waals surface area contributed by atoms with Crippen LogP contribution < -0.4 is 19.6 Å². The minimum absolute atomic E-state index is 0.109. The maximum Gasteiger partial charge on any atom is 0.260 e. The number of benzene rings is 3. The molecule has 2 N–H and O–H groups in total. The van der Waals surface area contributed by atoms with Crippen LogP contribution in [0.15, 0.2) is 66.2 Å². The molecule has 2 saturated carbocycles. The quantitative estimate of drug-likeness (QED) is 0.183. The highest BCUT2D eigenvalue weighted by atomic mass is 35.5. The molecule has 0 bridgehead atoms. The van der Waals surface area contributed by atoms with Crippen molar-refractivity contribution in [1.82, 2.24) is 9.91 Å². The van der Waals surface area contributed by atoms with Gasteiger partial charge in [0, 0.05) is 17.0 Å². The number of amides is 4. The highest BCUT2D eigenvalue weighted by Crippen LogP contribution is 2.65. The van der Waals surface area contributed by atoms with E-state index in [1.807, 2.05) is 6.08 Å². The van der Waals surface area contributed by atoms with E-state index in [1.54, 1.807) is 55.6 Å². The monoisotopic (exact) mass is 773 g/mol. The highest BCUT2D eigenvalue weighted by molar-refractivity contribution is 6.36. The molecule has 2 aliphatic heterocycles. The second-order valence-corrected chi connectivity index (χ2v) is 15.7. The zero-order valence-electron chi connectivity index (χ0n) is 30.1. The number of phenols is 1. The average Bonchev–Trinajstić information content (AvgIpc) is 3.56. The van der Waals surface area contributed by atoms with Crippen molar-refractivity contribution in [2.45, 2.75) is 62.3 Å². The van der Waals surface area contributed by atoms with Gasteiger partial charge in [0.05, 0.1) is 55.2 Å². The van der Waals surface area contributed by atoms with Gasteiger partial charge < -0.3 is 19.3 Å². The number of likely N-dealkylation sites (tertiary alicyclic amines) is 1. The molecule has 0 spiro atoms. The first-order valence-corrected chi connectivity index (χ1v) is 19.1. The van der Waals surface area contributed by atoms with E-state index in [0.29, 0.717) is 34.0 Å². The Kier molecular flexibility index (Phi) is 9.29. The minimum Gasteiger partial charge on any atom is -0.502 e. The Hall–Kier alpha value is -4.74. The number of phenolic OH excluding ortho intramolecular Hbond substituents is 1. The van der Waals surface area contributed by atoms with Crippen molar-refractivity contribution in [3.8, 4) is 23.0 Å². The molecule has 8 rings (SSSR count). The lowest BCUT2D eigenvalue weighted by Gasteiger charge is -2.50. The summed E-state index contributed by atoms with van der Waals surface area (Å²) in [4.78, 5) is 60.8. The van der Waals surface area contributed by atoms with Crippen LogP contribution in [0.4, 0.5) is 5.69 Å². The third-order valence-electron chi connectivity index (χ3n) is 12.4. The topological polar surface area (TPSA) is 135 Å². The largest absolute Gasteiger partial charge is 0.502 e. The van der Waals surface area contributed by atoms with E-state index in [2.05, 4.69) is 5.43 Å². The molecule has 13 heteroatoms. The zero-order chi connectivity index (χ0) is 38.1. The summed E-state index contributed by atoms with van der Waals surface area (Å²) in [6, 6.07) is 15.0. The number of ether oxygens (including phenoxy) is 3. The second kappa shape index (κ2) is 13.8. The average molecular weight is 775 g/mol. The molecule has 6 atom stereocenters. The third kappa shape index (κ3) is 5.37. The fraction of sp³-hybridized carbons (Fsp3) is 0.415. The number of methoxy groups -OCH3 is 3. The SMILES string of the molecule is COc1ccc([C@@]23C(=O)N(Nc4ccc(Cl)cc4Cl)C(=O)[C@@H]2C[C@@H]2C(=CC[C@@H]4C(=O)N(C5CCCCC5)C(=O)[C@@H]42)[C@@H]3c2cc(OC)c(O)c(OC)c2)cc1. The summed E-state index contributed by atoms with van der Waals surface area (Å²) in [5.74, 6) is -4.54. The highest BCUT2D eigenvalue weighted by Gasteiger charge is 2.70. The molecule has 3 aromatic rings. The van der Waals surface area contributed by atoms with Crippen molar-refractivity contribution in [1.29, 1.82) is 0 Å². The molecule has 4 fully saturated rings. The van der Waals surface area contributed by atoms with E-state index in [0.717, 1.165) is 42.7 Å². The molecule has 0 radical (unpaired) electrons. The van der Waals surface area contributed by atoms with Crippen LogP contribution in [-0.2, 0) is 24.6 Å². The first-order chi connectivity index (χ1) is 26.0. The van der Waals surface area contributed by atoms with Crippen LogP contribution in [0, 0.1) is 23.7 Å². The van der Waals surface area contributed by atoms with Crippen molar-refractivity contribution in [2.24, 2.45) is 23.7 Å². The Morgan fingerprint density at radius 2 is 1.50 bits per heavy atom. The molecule has 0 unspecified atom stereocenters. The number of allylic oxidation sites excluding steroid dienone is 2. The second-order valence-electron chi connectivity index (χ2n) is 14.8. The fourth-order valence-corrected chi connectivity index (χ4v) is 10.5. The van der Waals surface area contributed by atoms with E-state index in [-0.39, 0.29) is 46.5 Å². The number of nitrogens with zero attached hydrogens (tertiary/aromatic N) is 2. The predicted molar refractivity (Wildman–Crippen MR) is 201 cm³/mol. The van der Waals surface area contributed by atoms with E-state index in [4.69, 9.17) is 37.4 Å². The number of imide groups is 2. The van der Waals surface area contributed by atoms with Crippen molar-refractivity contribution >= 4 is 52.5 Å². The fourth-order valence-electron chi connectivity index (χ4n) is 10.0. The van der Waals surface area contributed by atoms with Gasteiger partial charge >= 0.3 is 0 Å². The number of rotatable bonds is 8. The van der Waals surface area contributed by atoms with Crippen LogP contribution in [0.5, 0.6) is 23.0 Å². The first-order valence-electron chi connectivity index (χ1n) is 18.3. The summed E-state index contributed by atoms with van der Waals surface area (Å²) in [5.41, 5.74) is 3.59. The zero-order valence-corrected chi connectivity index (χ0v) is 31.7. The van der Waals surface area contributed by atoms with Gasteiger partial charge in [-0.3, -0.25) is 29.5 Å². The molecule has 5 aliphatic rings. The molecule has 4 amide bonds.